The van der Waals surface area contributed by atoms with Crippen molar-refractivity contribution in [3.63, 3.8) is 0 Å². The van der Waals surface area contributed by atoms with Gasteiger partial charge in [0.25, 0.3) is 5.91 Å². The zero-order valence-corrected chi connectivity index (χ0v) is 11.5. The van der Waals surface area contributed by atoms with Crippen LogP contribution in [0.15, 0.2) is 54.6 Å². The van der Waals surface area contributed by atoms with E-state index in [0.717, 1.165) is 12.0 Å². The van der Waals surface area contributed by atoms with Crippen LogP contribution in [0.5, 0.6) is 0 Å². The Hall–Kier alpha value is -2.13. The molecule has 0 spiro atoms. The van der Waals surface area contributed by atoms with Crippen molar-refractivity contribution in [1.82, 2.24) is 5.32 Å². The van der Waals surface area contributed by atoms with E-state index in [9.17, 15) is 9.90 Å². The van der Waals surface area contributed by atoms with Crippen molar-refractivity contribution in [3.05, 3.63) is 71.3 Å². The van der Waals surface area contributed by atoms with Gasteiger partial charge in [-0.05, 0) is 29.7 Å². The highest BCUT2D eigenvalue weighted by molar-refractivity contribution is 5.94. The molecule has 0 saturated heterocycles. The topological polar surface area (TPSA) is 49.3 Å². The number of aryl methyl sites for hydroxylation is 1. The van der Waals surface area contributed by atoms with E-state index < -0.39 is 6.10 Å². The number of carbonyl (C=O) groups excluding carboxylic acids is 1. The third-order valence-electron chi connectivity index (χ3n) is 3.26. The second kappa shape index (κ2) is 6.87. The van der Waals surface area contributed by atoms with Gasteiger partial charge in [-0.3, -0.25) is 4.79 Å². The number of benzene rings is 2. The second-order valence-electron chi connectivity index (χ2n) is 4.69. The Kier molecular flexibility index (Phi) is 4.91. The number of rotatable bonds is 5. The fourth-order valence-electron chi connectivity index (χ4n) is 1.98. The van der Waals surface area contributed by atoms with Crippen molar-refractivity contribution in [2.75, 3.05) is 6.54 Å². The van der Waals surface area contributed by atoms with E-state index in [1.807, 2.05) is 54.6 Å². The molecule has 1 atom stereocenters. The van der Waals surface area contributed by atoms with Crippen molar-refractivity contribution >= 4 is 5.91 Å². The van der Waals surface area contributed by atoms with Crippen LogP contribution in [0.3, 0.4) is 0 Å². The number of carbonyl (C=O) groups is 1. The first kappa shape index (κ1) is 14.3. The summed E-state index contributed by atoms with van der Waals surface area (Å²) in [5.74, 6) is -0.164. The number of hydrogen-bond acceptors (Lipinski definition) is 2. The minimum absolute atomic E-state index is 0.164. The summed E-state index contributed by atoms with van der Waals surface area (Å²) in [7, 11) is 0. The Morgan fingerprint density at radius 2 is 1.75 bits per heavy atom. The Labute approximate surface area is 119 Å². The van der Waals surface area contributed by atoms with Crippen molar-refractivity contribution in [2.24, 2.45) is 0 Å². The van der Waals surface area contributed by atoms with Gasteiger partial charge in [-0.15, -0.1) is 0 Å². The van der Waals surface area contributed by atoms with Crippen molar-refractivity contribution in [1.29, 1.82) is 0 Å². The molecule has 2 aromatic carbocycles. The van der Waals surface area contributed by atoms with E-state index in [1.54, 1.807) is 0 Å². The molecule has 0 radical (unpaired) electrons. The molecule has 0 aromatic heterocycles. The second-order valence-corrected chi connectivity index (χ2v) is 4.69. The van der Waals surface area contributed by atoms with Gasteiger partial charge in [0.2, 0.25) is 0 Å². The molecule has 0 bridgehead atoms. The highest BCUT2D eigenvalue weighted by Gasteiger charge is 2.10. The van der Waals surface area contributed by atoms with Crippen LogP contribution in [-0.2, 0) is 6.42 Å². The summed E-state index contributed by atoms with van der Waals surface area (Å²) in [4.78, 5) is 12.0. The first-order valence-corrected chi connectivity index (χ1v) is 6.81. The molecule has 104 valence electrons. The summed E-state index contributed by atoms with van der Waals surface area (Å²) < 4.78 is 0. The predicted molar refractivity (Wildman–Crippen MR) is 79.6 cm³/mol. The first-order valence-electron chi connectivity index (χ1n) is 6.81. The Morgan fingerprint density at radius 3 is 2.35 bits per heavy atom. The molecular formula is C17H19NO2. The summed E-state index contributed by atoms with van der Waals surface area (Å²) in [5, 5.41) is 12.7. The lowest BCUT2D eigenvalue weighted by Gasteiger charge is -2.12. The van der Waals surface area contributed by atoms with Crippen molar-refractivity contribution in [3.8, 4) is 0 Å². The summed E-state index contributed by atoms with van der Waals surface area (Å²) in [6, 6.07) is 16.8. The summed E-state index contributed by atoms with van der Waals surface area (Å²) in [6.45, 7) is 2.28. The smallest absolute Gasteiger partial charge is 0.251 e. The van der Waals surface area contributed by atoms with Gasteiger partial charge in [0.1, 0.15) is 0 Å². The molecule has 20 heavy (non-hydrogen) atoms. The monoisotopic (exact) mass is 269 g/mol. The Bertz CT molecular complexity index is 549. The maximum Gasteiger partial charge on any atom is 0.251 e. The van der Waals surface area contributed by atoms with Gasteiger partial charge in [-0.1, -0.05) is 49.4 Å². The van der Waals surface area contributed by atoms with Crippen LogP contribution >= 0.6 is 0 Å². The predicted octanol–water partition coefficient (Wildman–Crippen LogP) is 2.71. The molecule has 1 amide bonds. The average Bonchev–Trinajstić information content (AvgIpc) is 2.53. The fourth-order valence-corrected chi connectivity index (χ4v) is 1.98. The van der Waals surface area contributed by atoms with Crippen LogP contribution in [-0.4, -0.2) is 17.6 Å². The quantitative estimate of drug-likeness (QED) is 0.876. The molecule has 0 saturated carbocycles. The number of nitrogens with one attached hydrogen (secondary N) is 1. The highest BCUT2D eigenvalue weighted by atomic mass is 16.3. The van der Waals surface area contributed by atoms with E-state index in [-0.39, 0.29) is 12.5 Å². The van der Waals surface area contributed by atoms with Gasteiger partial charge in [0.15, 0.2) is 0 Å². The van der Waals surface area contributed by atoms with E-state index >= 15 is 0 Å². The molecule has 2 aromatic rings. The third-order valence-corrected chi connectivity index (χ3v) is 3.26. The molecule has 2 rings (SSSR count). The molecule has 3 heteroatoms. The minimum atomic E-state index is -0.685. The average molecular weight is 269 g/mol. The van der Waals surface area contributed by atoms with E-state index in [0.29, 0.717) is 5.56 Å². The molecule has 0 fully saturated rings. The third kappa shape index (κ3) is 3.68. The lowest BCUT2D eigenvalue weighted by atomic mass is 10.1. The molecule has 0 aliphatic carbocycles. The molecule has 3 nitrogen and oxygen atoms in total. The molecule has 0 heterocycles. The van der Waals surface area contributed by atoms with Crippen LogP contribution in [0.4, 0.5) is 0 Å². The zero-order chi connectivity index (χ0) is 14.4. The summed E-state index contributed by atoms with van der Waals surface area (Å²) in [6.07, 6.45) is 0.268. The molecule has 0 aliphatic heterocycles. The molecule has 2 N–H and O–H groups in total. The van der Waals surface area contributed by atoms with Crippen LogP contribution in [0.25, 0.3) is 0 Å². The molecule has 0 aliphatic rings. The highest BCUT2D eigenvalue weighted by Crippen LogP contribution is 2.11. The van der Waals surface area contributed by atoms with Gasteiger partial charge >= 0.3 is 0 Å². The van der Waals surface area contributed by atoms with Crippen molar-refractivity contribution < 1.29 is 9.90 Å². The summed E-state index contributed by atoms with van der Waals surface area (Å²) >= 11 is 0. The van der Waals surface area contributed by atoms with Gasteiger partial charge in [0, 0.05) is 12.1 Å². The van der Waals surface area contributed by atoms with E-state index in [4.69, 9.17) is 0 Å². The number of hydrogen-bond donors (Lipinski definition) is 2. The fraction of sp³-hybridized carbons (Fsp3) is 0.235. The molecular weight excluding hydrogens is 250 g/mol. The van der Waals surface area contributed by atoms with Gasteiger partial charge in [-0.25, -0.2) is 0 Å². The largest absolute Gasteiger partial charge is 0.387 e. The number of amides is 1. The normalized spacial score (nSPS) is 11.9. The minimum Gasteiger partial charge on any atom is -0.387 e. The van der Waals surface area contributed by atoms with E-state index in [1.165, 1.54) is 5.56 Å². The van der Waals surface area contributed by atoms with Gasteiger partial charge in [-0.2, -0.15) is 0 Å². The standard InChI is InChI=1S/C17H19NO2/c1-2-13-8-10-15(11-9-13)17(20)18-12-16(19)14-6-4-3-5-7-14/h3-11,16,19H,2,12H2,1H3,(H,18,20). The Morgan fingerprint density at radius 1 is 1.10 bits per heavy atom. The van der Waals surface area contributed by atoms with Crippen LogP contribution in [0.1, 0.15) is 34.5 Å². The lowest BCUT2D eigenvalue weighted by molar-refractivity contribution is 0.0916. The van der Waals surface area contributed by atoms with Crippen molar-refractivity contribution in [2.45, 2.75) is 19.4 Å². The van der Waals surface area contributed by atoms with Gasteiger partial charge < -0.3 is 10.4 Å². The van der Waals surface area contributed by atoms with Crippen LogP contribution < -0.4 is 5.32 Å². The summed E-state index contributed by atoms with van der Waals surface area (Å²) in [5.41, 5.74) is 2.61. The van der Waals surface area contributed by atoms with Crippen LogP contribution in [0.2, 0.25) is 0 Å². The van der Waals surface area contributed by atoms with Crippen LogP contribution in [0, 0.1) is 0 Å². The maximum atomic E-state index is 12.0. The SMILES string of the molecule is CCc1ccc(C(=O)NCC(O)c2ccccc2)cc1. The number of aliphatic hydroxyl groups excluding tert-OH is 1. The first-order chi connectivity index (χ1) is 9.70. The molecule has 1 unspecified atom stereocenters. The number of aliphatic hydroxyl groups is 1. The van der Waals surface area contributed by atoms with Gasteiger partial charge in [0.05, 0.1) is 6.10 Å². The lowest BCUT2D eigenvalue weighted by Crippen LogP contribution is -2.28. The zero-order valence-electron chi connectivity index (χ0n) is 11.5. The Balaban J connectivity index is 1.91. The van der Waals surface area contributed by atoms with E-state index in [2.05, 4.69) is 12.2 Å². The maximum absolute atomic E-state index is 12.0.